The molecule has 0 aliphatic rings. The molecule has 0 atom stereocenters. The molecule has 0 radical (unpaired) electrons. The van der Waals surface area contributed by atoms with E-state index >= 15 is 0 Å². The SMILES string of the molecule is Cc1cc(C)c(S(=O)(=O)N(Cc2ccccc2)c2c(C)n(C)n(-c3ccccc3)c2=O)c(C)c1. The minimum atomic E-state index is -4.05. The first-order chi connectivity index (χ1) is 16.1. The van der Waals surface area contributed by atoms with Crippen LogP contribution in [0.5, 0.6) is 0 Å². The van der Waals surface area contributed by atoms with Gasteiger partial charge >= 0.3 is 0 Å². The van der Waals surface area contributed by atoms with E-state index in [-0.39, 0.29) is 22.7 Å². The number of hydrogen-bond acceptors (Lipinski definition) is 3. The molecule has 0 saturated heterocycles. The molecule has 0 aliphatic heterocycles. The van der Waals surface area contributed by atoms with Gasteiger partial charge in [0.1, 0.15) is 5.69 Å². The van der Waals surface area contributed by atoms with E-state index in [0.717, 1.165) is 11.1 Å². The minimum absolute atomic E-state index is 0.0464. The van der Waals surface area contributed by atoms with Gasteiger partial charge in [0.2, 0.25) is 0 Å². The molecule has 0 unspecified atom stereocenters. The zero-order chi connectivity index (χ0) is 24.6. The van der Waals surface area contributed by atoms with Crippen molar-refractivity contribution in [3.63, 3.8) is 0 Å². The van der Waals surface area contributed by atoms with Gasteiger partial charge in [-0.2, -0.15) is 0 Å². The van der Waals surface area contributed by atoms with E-state index in [1.165, 1.54) is 8.99 Å². The van der Waals surface area contributed by atoms with Crippen LogP contribution >= 0.6 is 0 Å². The van der Waals surface area contributed by atoms with E-state index in [1.807, 2.05) is 79.7 Å². The summed E-state index contributed by atoms with van der Waals surface area (Å²) in [5, 5.41) is 0. The Kier molecular flexibility index (Phi) is 6.23. The molecule has 0 N–H and O–H groups in total. The third kappa shape index (κ3) is 4.07. The van der Waals surface area contributed by atoms with Gasteiger partial charge in [-0.1, -0.05) is 66.2 Å². The molecule has 0 saturated carbocycles. The van der Waals surface area contributed by atoms with Gasteiger partial charge in [0.25, 0.3) is 15.6 Å². The molecule has 4 rings (SSSR count). The Morgan fingerprint density at radius 2 is 1.35 bits per heavy atom. The number of aromatic nitrogens is 2. The van der Waals surface area contributed by atoms with Gasteiger partial charge in [-0.3, -0.25) is 13.8 Å². The third-order valence-electron chi connectivity index (χ3n) is 6.09. The van der Waals surface area contributed by atoms with Crippen LogP contribution in [0.3, 0.4) is 0 Å². The molecule has 7 heteroatoms. The van der Waals surface area contributed by atoms with Crippen LogP contribution in [0.25, 0.3) is 5.69 Å². The summed E-state index contributed by atoms with van der Waals surface area (Å²) >= 11 is 0. The Bertz CT molecular complexity index is 1480. The van der Waals surface area contributed by atoms with E-state index < -0.39 is 10.0 Å². The molecule has 0 fully saturated rings. The van der Waals surface area contributed by atoms with Crippen molar-refractivity contribution in [1.29, 1.82) is 0 Å². The van der Waals surface area contributed by atoms with Crippen LogP contribution in [0.2, 0.25) is 0 Å². The van der Waals surface area contributed by atoms with Gasteiger partial charge in [-0.15, -0.1) is 0 Å². The number of para-hydroxylation sites is 1. The lowest BCUT2D eigenvalue weighted by molar-refractivity contribution is 0.588. The van der Waals surface area contributed by atoms with Crippen LogP contribution in [0.15, 0.2) is 82.5 Å². The van der Waals surface area contributed by atoms with Crippen LogP contribution in [-0.4, -0.2) is 17.8 Å². The summed E-state index contributed by atoms with van der Waals surface area (Å²) in [6, 6.07) is 22.3. The van der Waals surface area contributed by atoms with Crippen LogP contribution in [-0.2, 0) is 23.6 Å². The lowest BCUT2D eigenvalue weighted by Crippen LogP contribution is -2.35. The van der Waals surface area contributed by atoms with Crippen molar-refractivity contribution < 1.29 is 8.42 Å². The highest BCUT2D eigenvalue weighted by atomic mass is 32.2. The number of benzene rings is 3. The predicted octanol–water partition coefficient (Wildman–Crippen LogP) is 4.81. The summed E-state index contributed by atoms with van der Waals surface area (Å²) < 4.78 is 32.9. The van der Waals surface area contributed by atoms with Gasteiger partial charge in [0, 0.05) is 7.05 Å². The van der Waals surface area contributed by atoms with Crippen LogP contribution < -0.4 is 9.86 Å². The van der Waals surface area contributed by atoms with Gasteiger partial charge in [0.15, 0.2) is 0 Å². The molecule has 4 aromatic rings. The maximum atomic E-state index is 14.2. The summed E-state index contributed by atoms with van der Waals surface area (Å²) in [5.74, 6) is 0. The maximum absolute atomic E-state index is 14.2. The van der Waals surface area contributed by atoms with Crippen molar-refractivity contribution >= 4 is 15.7 Å². The molecule has 0 bridgehead atoms. The Labute approximate surface area is 200 Å². The van der Waals surface area contributed by atoms with E-state index in [1.54, 1.807) is 32.5 Å². The normalized spacial score (nSPS) is 11.6. The zero-order valence-electron chi connectivity index (χ0n) is 20.1. The van der Waals surface area contributed by atoms with Crippen LogP contribution in [0, 0.1) is 27.7 Å². The molecule has 0 aliphatic carbocycles. The average molecular weight is 476 g/mol. The quantitative estimate of drug-likeness (QED) is 0.402. The van der Waals surface area contributed by atoms with E-state index in [0.29, 0.717) is 22.5 Å². The summed E-state index contributed by atoms with van der Waals surface area (Å²) in [6.45, 7) is 7.36. The fraction of sp³-hybridized carbons (Fsp3) is 0.222. The van der Waals surface area contributed by atoms with Crippen molar-refractivity contribution in [2.75, 3.05) is 4.31 Å². The molecular formula is C27H29N3O3S. The third-order valence-corrected chi connectivity index (χ3v) is 8.15. The average Bonchev–Trinajstić information content (AvgIpc) is 3.00. The van der Waals surface area contributed by atoms with Crippen molar-refractivity contribution in [3.05, 3.63) is 111 Å². The molecule has 1 aromatic heterocycles. The van der Waals surface area contributed by atoms with E-state index in [2.05, 4.69) is 0 Å². The Morgan fingerprint density at radius 1 is 0.824 bits per heavy atom. The Hall–Kier alpha value is -3.58. The maximum Gasteiger partial charge on any atom is 0.296 e. The number of rotatable bonds is 6. The van der Waals surface area contributed by atoms with Gasteiger partial charge in [-0.25, -0.2) is 13.1 Å². The second kappa shape index (κ2) is 8.99. The number of nitrogens with zero attached hydrogens (tertiary/aromatic N) is 3. The van der Waals surface area contributed by atoms with Gasteiger partial charge in [-0.05, 0) is 56.5 Å². The van der Waals surface area contributed by atoms with Crippen LogP contribution in [0.1, 0.15) is 27.9 Å². The Balaban J connectivity index is 1.99. The lowest BCUT2D eigenvalue weighted by atomic mass is 10.1. The minimum Gasteiger partial charge on any atom is -0.283 e. The summed E-state index contributed by atoms with van der Waals surface area (Å²) in [7, 11) is -2.29. The topological polar surface area (TPSA) is 64.3 Å². The second-order valence-electron chi connectivity index (χ2n) is 8.64. The van der Waals surface area contributed by atoms with E-state index in [9.17, 15) is 13.2 Å². The molecule has 1 heterocycles. The largest absolute Gasteiger partial charge is 0.296 e. The smallest absolute Gasteiger partial charge is 0.283 e. The highest BCUT2D eigenvalue weighted by Gasteiger charge is 2.33. The fourth-order valence-corrected chi connectivity index (χ4v) is 6.48. The van der Waals surface area contributed by atoms with E-state index in [4.69, 9.17) is 0 Å². The molecule has 176 valence electrons. The first-order valence-electron chi connectivity index (χ1n) is 11.1. The molecule has 0 amide bonds. The molecule has 6 nitrogen and oxygen atoms in total. The zero-order valence-corrected chi connectivity index (χ0v) is 20.9. The summed E-state index contributed by atoms with van der Waals surface area (Å²) in [4.78, 5) is 14.0. The first-order valence-corrected chi connectivity index (χ1v) is 12.6. The monoisotopic (exact) mass is 475 g/mol. The fourth-order valence-electron chi connectivity index (χ4n) is 4.56. The number of aryl methyl sites for hydroxylation is 3. The molecule has 34 heavy (non-hydrogen) atoms. The predicted molar refractivity (Wildman–Crippen MR) is 136 cm³/mol. The standard InChI is InChI=1S/C27H29N3O3S/c1-19-16-20(2)26(21(3)17-19)34(32,33)29(18-23-12-8-6-9-13-23)25-22(4)28(5)30(27(25)31)24-14-10-7-11-15-24/h6-17H,18H2,1-5H3. The number of anilines is 1. The molecular weight excluding hydrogens is 446 g/mol. The van der Waals surface area contributed by atoms with Gasteiger partial charge in [0.05, 0.1) is 22.8 Å². The number of hydrogen-bond donors (Lipinski definition) is 0. The summed E-state index contributed by atoms with van der Waals surface area (Å²) in [6.07, 6.45) is 0. The first kappa shape index (κ1) is 23.6. The molecule has 3 aromatic carbocycles. The van der Waals surface area contributed by atoms with Gasteiger partial charge < -0.3 is 0 Å². The highest BCUT2D eigenvalue weighted by molar-refractivity contribution is 7.93. The Morgan fingerprint density at radius 3 is 1.91 bits per heavy atom. The molecule has 0 spiro atoms. The number of sulfonamides is 1. The highest BCUT2D eigenvalue weighted by Crippen LogP contribution is 2.31. The van der Waals surface area contributed by atoms with Crippen LogP contribution in [0.4, 0.5) is 5.69 Å². The summed E-state index contributed by atoms with van der Waals surface area (Å²) in [5.41, 5.74) is 4.11. The lowest BCUT2D eigenvalue weighted by Gasteiger charge is -2.25. The second-order valence-corrected chi connectivity index (χ2v) is 10.4. The van der Waals surface area contributed by atoms with Crippen molar-refractivity contribution in [3.8, 4) is 5.69 Å². The van der Waals surface area contributed by atoms with Crippen molar-refractivity contribution in [2.45, 2.75) is 39.1 Å². The van der Waals surface area contributed by atoms with Crippen molar-refractivity contribution in [2.24, 2.45) is 7.05 Å². The van der Waals surface area contributed by atoms with Crippen molar-refractivity contribution in [1.82, 2.24) is 9.36 Å².